The van der Waals surface area contributed by atoms with Crippen LogP contribution in [-0.2, 0) is 16.7 Å². The first-order valence-corrected chi connectivity index (χ1v) is 11.1. The number of oxime groups is 1. The number of nitrogens with zero attached hydrogens (tertiary/aromatic N) is 2. The predicted octanol–water partition coefficient (Wildman–Crippen LogP) is 1.88. The van der Waals surface area contributed by atoms with Gasteiger partial charge in [-0.3, -0.25) is 14.2 Å². The van der Waals surface area contributed by atoms with Crippen molar-refractivity contribution in [3.63, 3.8) is 0 Å². The van der Waals surface area contributed by atoms with Crippen molar-refractivity contribution in [1.29, 1.82) is 0 Å². The minimum absolute atomic E-state index is 0.157. The van der Waals surface area contributed by atoms with Gasteiger partial charge in [0.15, 0.2) is 6.10 Å². The lowest BCUT2D eigenvalue weighted by atomic mass is 9.82. The number of nitrogens with one attached hydrogen (secondary N) is 3. The Bertz CT molecular complexity index is 1030. The Labute approximate surface area is 186 Å². The van der Waals surface area contributed by atoms with Gasteiger partial charge >= 0.3 is 5.69 Å². The second kappa shape index (κ2) is 9.84. The molecule has 0 radical (unpaired) electrons. The molecule has 1 unspecified atom stereocenters. The summed E-state index contributed by atoms with van der Waals surface area (Å²) in [6, 6.07) is 9.78. The summed E-state index contributed by atoms with van der Waals surface area (Å²) >= 11 is 0. The Morgan fingerprint density at radius 3 is 2.28 bits per heavy atom. The van der Waals surface area contributed by atoms with Gasteiger partial charge in [-0.05, 0) is 43.1 Å². The van der Waals surface area contributed by atoms with E-state index in [0.717, 1.165) is 31.2 Å². The Morgan fingerprint density at radius 2 is 1.69 bits per heavy atom. The van der Waals surface area contributed by atoms with Crippen molar-refractivity contribution in [2.75, 3.05) is 13.1 Å². The van der Waals surface area contributed by atoms with Gasteiger partial charge in [0.25, 0.3) is 11.8 Å². The van der Waals surface area contributed by atoms with E-state index in [1.165, 1.54) is 10.8 Å². The van der Waals surface area contributed by atoms with Crippen LogP contribution in [0.2, 0.25) is 0 Å². The molecule has 2 aromatic rings. The van der Waals surface area contributed by atoms with Crippen molar-refractivity contribution < 1.29 is 14.4 Å². The average Bonchev–Trinajstić information content (AvgIpc) is 3.45. The number of rotatable bonds is 7. The fourth-order valence-electron chi connectivity index (χ4n) is 4.32. The molecule has 9 heteroatoms. The molecule has 4 rings (SSSR count). The summed E-state index contributed by atoms with van der Waals surface area (Å²) < 4.78 is 1.30. The van der Waals surface area contributed by atoms with Crippen LogP contribution in [0.15, 0.2) is 46.5 Å². The second-order valence-corrected chi connectivity index (χ2v) is 8.59. The number of aromatic amines is 1. The number of hydrogen-bond donors (Lipinski definition) is 3. The first kappa shape index (κ1) is 21.9. The van der Waals surface area contributed by atoms with Crippen LogP contribution < -0.4 is 16.3 Å². The van der Waals surface area contributed by atoms with E-state index >= 15 is 0 Å². The third-order valence-electron chi connectivity index (χ3n) is 6.40. The fourth-order valence-corrected chi connectivity index (χ4v) is 4.32. The molecule has 2 heterocycles. The van der Waals surface area contributed by atoms with Crippen LogP contribution in [0.3, 0.4) is 0 Å². The molecule has 2 aliphatic rings. The maximum atomic E-state index is 12.5. The lowest BCUT2D eigenvalue weighted by molar-refractivity contribution is -0.115. The van der Waals surface area contributed by atoms with E-state index in [-0.39, 0.29) is 23.6 Å². The highest BCUT2D eigenvalue weighted by atomic mass is 16.6. The normalized spacial score (nSPS) is 22.7. The molecule has 1 aromatic heterocycles. The van der Waals surface area contributed by atoms with Crippen LogP contribution in [0, 0.1) is 11.8 Å². The molecule has 1 aliphatic carbocycles. The Kier molecular flexibility index (Phi) is 6.72. The van der Waals surface area contributed by atoms with E-state index in [1.54, 1.807) is 7.05 Å². The van der Waals surface area contributed by atoms with E-state index in [4.69, 9.17) is 4.84 Å². The van der Waals surface area contributed by atoms with Gasteiger partial charge in [0.1, 0.15) is 11.4 Å². The highest BCUT2D eigenvalue weighted by molar-refractivity contribution is 6.39. The summed E-state index contributed by atoms with van der Waals surface area (Å²) in [6.45, 7) is 1.21. The molecule has 1 aliphatic heterocycles. The minimum Gasteiger partial charge on any atom is -0.387 e. The molecule has 1 fully saturated rings. The SMILES string of the molecule is Cn1c(C(=O)NCC2CCC(CNC(=O)C3=NOC(c4ccccc4)C3)CC2)c[nH]c1=O. The number of carbonyl (C=O) groups excluding carboxylic acids is 2. The number of carbonyl (C=O) groups is 2. The maximum absolute atomic E-state index is 12.5. The smallest absolute Gasteiger partial charge is 0.325 e. The largest absolute Gasteiger partial charge is 0.387 e. The predicted molar refractivity (Wildman–Crippen MR) is 119 cm³/mol. The zero-order chi connectivity index (χ0) is 22.5. The van der Waals surface area contributed by atoms with Crippen molar-refractivity contribution in [3.05, 3.63) is 58.3 Å². The van der Waals surface area contributed by atoms with Crippen LogP contribution in [0.1, 0.15) is 54.3 Å². The molecule has 0 bridgehead atoms. The zero-order valence-corrected chi connectivity index (χ0v) is 18.2. The van der Waals surface area contributed by atoms with Crippen molar-refractivity contribution >= 4 is 17.5 Å². The van der Waals surface area contributed by atoms with Gasteiger partial charge in [0.05, 0.1) is 0 Å². The summed E-state index contributed by atoms with van der Waals surface area (Å²) in [6.07, 6.45) is 5.70. The maximum Gasteiger partial charge on any atom is 0.325 e. The van der Waals surface area contributed by atoms with Crippen LogP contribution >= 0.6 is 0 Å². The molecular weight excluding hydrogens is 410 g/mol. The van der Waals surface area contributed by atoms with Gasteiger partial charge in [-0.1, -0.05) is 35.5 Å². The van der Waals surface area contributed by atoms with Crippen molar-refractivity contribution in [2.45, 2.75) is 38.2 Å². The van der Waals surface area contributed by atoms with Gasteiger partial charge < -0.3 is 20.5 Å². The Morgan fingerprint density at radius 1 is 1.06 bits per heavy atom. The van der Waals surface area contributed by atoms with Crippen LogP contribution in [0.4, 0.5) is 0 Å². The van der Waals surface area contributed by atoms with E-state index < -0.39 is 0 Å². The van der Waals surface area contributed by atoms with E-state index in [0.29, 0.717) is 42.8 Å². The van der Waals surface area contributed by atoms with Crippen molar-refractivity contribution in [1.82, 2.24) is 20.2 Å². The zero-order valence-electron chi connectivity index (χ0n) is 18.2. The molecule has 2 amide bonds. The molecule has 1 aromatic carbocycles. The molecular formula is C23H29N5O4. The van der Waals surface area contributed by atoms with Crippen LogP contribution in [0.25, 0.3) is 0 Å². The van der Waals surface area contributed by atoms with E-state index in [2.05, 4.69) is 20.8 Å². The fraction of sp³-hybridized carbons (Fsp3) is 0.478. The Balaban J connectivity index is 1.15. The minimum atomic E-state index is -0.302. The van der Waals surface area contributed by atoms with Gasteiger partial charge in [0, 0.05) is 32.8 Å². The van der Waals surface area contributed by atoms with Gasteiger partial charge in [-0.2, -0.15) is 0 Å². The summed E-state index contributed by atoms with van der Waals surface area (Å²) in [5.74, 6) is 0.425. The molecule has 170 valence electrons. The average molecular weight is 440 g/mol. The molecule has 3 N–H and O–H groups in total. The van der Waals surface area contributed by atoms with Gasteiger partial charge in [0.2, 0.25) is 0 Å². The first-order chi connectivity index (χ1) is 15.5. The van der Waals surface area contributed by atoms with Gasteiger partial charge in [-0.15, -0.1) is 0 Å². The van der Waals surface area contributed by atoms with Crippen molar-refractivity contribution in [3.8, 4) is 0 Å². The quantitative estimate of drug-likeness (QED) is 0.611. The Hall–Kier alpha value is -3.36. The number of amides is 2. The molecule has 0 saturated heterocycles. The third kappa shape index (κ3) is 5.09. The number of hydrogen-bond acceptors (Lipinski definition) is 5. The molecule has 1 saturated carbocycles. The molecule has 0 spiro atoms. The second-order valence-electron chi connectivity index (χ2n) is 8.59. The van der Waals surface area contributed by atoms with E-state index in [9.17, 15) is 14.4 Å². The summed E-state index contributed by atoms with van der Waals surface area (Å²) in [4.78, 5) is 44.1. The highest BCUT2D eigenvalue weighted by Gasteiger charge is 2.28. The van der Waals surface area contributed by atoms with Gasteiger partial charge in [-0.25, -0.2) is 4.79 Å². The number of benzene rings is 1. The first-order valence-electron chi connectivity index (χ1n) is 11.1. The van der Waals surface area contributed by atoms with Crippen LogP contribution in [-0.4, -0.2) is 40.2 Å². The lowest BCUT2D eigenvalue weighted by Gasteiger charge is -2.28. The molecule has 1 atom stereocenters. The summed E-state index contributed by atoms with van der Waals surface area (Å²) in [5, 5.41) is 9.91. The van der Waals surface area contributed by atoms with Crippen LogP contribution in [0.5, 0.6) is 0 Å². The summed E-state index contributed by atoms with van der Waals surface area (Å²) in [5.41, 5.74) is 1.49. The monoisotopic (exact) mass is 439 g/mol. The standard InChI is InChI=1S/C23H29N5O4/c1-28-19(14-26-23(28)31)22(30)25-13-16-9-7-15(8-10-16)12-24-21(29)18-11-20(32-27-18)17-5-3-2-4-6-17/h2-6,14-16,20H,7-13H2,1H3,(H,24,29)(H,25,30)(H,26,31). The third-order valence-corrected chi connectivity index (χ3v) is 6.40. The van der Waals surface area contributed by atoms with E-state index in [1.807, 2.05) is 30.3 Å². The highest BCUT2D eigenvalue weighted by Crippen LogP contribution is 2.29. The lowest BCUT2D eigenvalue weighted by Crippen LogP contribution is -2.37. The summed E-state index contributed by atoms with van der Waals surface area (Å²) in [7, 11) is 1.57. The topological polar surface area (TPSA) is 118 Å². The van der Waals surface area contributed by atoms with Crippen molar-refractivity contribution in [2.24, 2.45) is 24.0 Å². The molecule has 9 nitrogen and oxygen atoms in total. The number of aromatic nitrogens is 2. The number of imidazole rings is 1. The number of H-pyrrole nitrogens is 1. The molecule has 32 heavy (non-hydrogen) atoms.